The number of hydrogen-bond acceptors (Lipinski definition) is 3. The molecule has 3 aliphatic rings. The molecule has 1 aromatic carbocycles. The number of fused-ring (bicyclic) bond motifs is 1. The molecule has 2 aliphatic heterocycles. The molecular formula is C22H27F2N3O2. The Morgan fingerprint density at radius 2 is 2.03 bits per heavy atom. The molecule has 1 aromatic rings. The number of carbonyl (C=O) groups is 2. The Morgan fingerprint density at radius 3 is 2.72 bits per heavy atom. The second-order valence-electron chi connectivity index (χ2n) is 8.48. The summed E-state index contributed by atoms with van der Waals surface area (Å²) >= 11 is 0. The Labute approximate surface area is 169 Å². The highest BCUT2D eigenvalue weighted by Crippen LogP contribution is 2.47. The van der Waals surface area contributed by atoms with Crippen LogP contribution in [-0.2, 0) is 9.59 Å². The maximum Gasteiger partial charge on any atom is 0.247 e. The molecule has 0 bridgehead atoms. The number of amides is 2. The molecule has 0 radical (unpaired) electrons. The van der Waals surface area contributed by atoms with E-state index in [1.807, 2.05) is 0 Å². The van der Waals surface area contributed by atoms with Crippen LogP contribution >= 0.6 is 0 Å². The van der Waals surface area contributed by atoms with Crippen molar-refractivity contribution >= 4 is 11.8 Å². The quantitative estimate of drug-likeness (QED) is 0.708. The van der Waals surface area contributed by atoms with Gasteiger partial charge >= 0.3 is 0 Å². The number of benzene rings is 1. The van der Waals surface area contributed by atoms with Crippen LogP contribution in [0, 0.1) is 23.5 Å². The van der Waals surface area contributed by atoms with E-state index in [0.717, 1.165) is 37.4 Å². The third-order valence-corrected chi connectivity index (χ3v) is 6.35. The van der Waals surface area contributed by atoms with E-state index in [4.69, 9.17) is 0 Å². The lowest BCUT2D eigenvalue weighted by atomic mass is 9.74. The van der Waals surface area contributed by atoms with Gasteiger partial charge in [0.05, 0.1) is 12.5 Å². The molecule has 4 atom stereocenters. The van der Waals surface area contributed by atoms with E-state index in [2.05, 4.69) is 22.9 Å². The normalized spacial score (nSPS) is 27.9. The lowest BCUT2D eigenvalue weighted by molar-refractivity contribution is -0.124. The number of rotatable bonds is 5. The maximum atomic E-state index is 14.0. The zero-order valence-electron chi connectivity index (χ0n) is 16.7. The molecular weight excluding hydrogens is 376 g/mol. The van der Waals surface area contributed by atoms with Gasteiger partial charge in [0, 0.05) is 35.2 Å². The van der Waals surface area contributed by atoms with Gasteiger partial charge in [-0.2, -0.15) is 0 Å². The summed E-state index contributed by atoms with van der Waals surface area (Å²) in [5.74, 6) is -1.25. The lowest BCUT2D eigenvalue weighted by Gasteiger charge is -2.43. The van der Waals surface area contributed by atoms with Gasteiger partial charge in [0.1, 0.15) is 11.6 Å². The zero-order valence-corrected chi connectivity index (χ0v) is 16.7. The smallest absolute Gasteiger partial charge is 0.247 e. The van der Waals surface area contributed by atoms with E-state index in [1.54, 1.807) is 6.92 Å². The summed E-state index contributed by atoms with van der Waals surface area (Å²) in [6, 6.07) is 3.04. The molecule has 2 heterocycles. The van der Waals surface area contributed by atoms with Crippen LogP contribution < -0.4 is 16.0 Å². The summed E-state index contributed by atoms with van der Waals surface area (Å²) in [7, 11) is 0. The summed E-state index contributed by atoms with van der Waals surface area (Å²) in [5.41, 5.74) is 1.91. The van der Waals surface area contributed by atoms with Gasteiger partial charge in [-0.15, -0.1) is 0 Å². The molecule has 1 aliphatic carbocycles. The topological polar surface area (TPSA) is 70.2 Å². The summed E-state index contributed by atoms with van der Waals surface area (Å²) < 4.78 is 27.1. The van der Waals surface area contributed by atoms with Gasteiger partial charge in [-0.25, -0.2) is 8.78 Å². The molecule has 0 spiro atoms. The highest BCUT2D eigenvalue weighted by atomic mass is 19.1. The number of piperidine rings is 1. The van der Waals surface area contributed by atoms with Crippen molar-refractivity contribution in [2.45, 2.75) is 57.7 Å². The predicted molar refractivity (Wildman–Crippen MR) is 105 cm³/mol. The van der Waals surface area contributed by atoms with Gasteiger partial charge in [0.15, 0.2) is 0 Å². The molecule has 3 unspecified atom stereocenters. The van der Waals surface area contributed by atoms with E-state index in [-0.39, 0.29) is 41.8 Å². The lowest BCUT2D eigenvalue weighted by Crippen LogP contribution is -2.58. The fraction of sp³-hybridized carbons (Fsp3) is 0.545. The van der Waals surface area contributed by atoms with Crippen molar-refractivity contribution < 1.29 is 18.4 Å². The molecule has 3 N–H and O–H groups in total. The Morgan fingerprint density at radius 1 is 1.28 bits per heavy atom. The minimum Gasteiger partial charge on any atom is -0.349 e. The first-order chi connectivity index (χ1) is 13.8. The van der Waals surface area contributed by atoms with E-state index in [9.17, 15) is 18.4 Å². The fourth-order valence-electron chi connectivity index (χ4n) is 4.84. The Bertz CT molecular complexity index is 866. The van der Waals surface area contributed by atoms with Crippen molar-refractivity contribution in [2.24, 2.45) is 11.8 Å². The van der Waals surface area contributed by atoms with Crippen molar-refractivity contribution in [3.63, 3.8) is 0 Å². The highest BCUT2D eigenvalue weighted by Gasteiger charge is 2.45. The Balaban J connectivity index is 1.54. The van der Waals surface area contributed by atoms with Crippen molar-refractivity contribution in [3.05, 3.63) is 46.5 Å². The SMILES string of the molecule is CC1NCCC2NC(=O)C(CC(=O)N[C@@H](C)c3ccc(F)cc3F)=C(C3CC3)C12. The van der Waals surface area contributed by atoms with Gasteiger partial charge in [0.25, 0.3) is 0 Å². The zero-order chi connectivity index (χ0) is 20.7. The van der Waals surface area contributed by atoms with Crippen molar-refractivity contribution in [2.75, 3.05) is 6.54 Å². The summed E-state index contributed by atoms with van der Waals surface area (Å²) in [4.78, 5) is 25.5. The number of carbonyl (C=O) groups excluding carboxylic acids is 2. The van der Waals surface area contributed by atoms with E-state index < -0.39 is 17.7 Å². The molecule has 2 amide bonds. The minimum atomic E-state index is -0.698. The third kappa shape index (κ3) is 4.06. The first-order valence-corrected chi connectivity index (χ1v) is 10.4. The van der Waals surface area contributed by atoms with Gasteiger partial charge in [-0.05, 0) is 51.6 Å². The molecule has 29 heavy (non-hydrogen) atoms. The van der Waals surface area contributed by atoms with Crippen molar-refractivity contribution in [1.29, 1.82) is 0 Å². The van der Waals surface area contributed by atoms with Gasteiger partial charge in [0.2, 0.25) is 11.8 Å². The molecule has 2 fully saturated rings. The van der Waals surface area contributed by atoms with Gasteiger partial charge < -0.3 is 16.0 Å². The molecule has 1 saturated heterocycles. The third-order valence-electron chi connectivity index (χ3n) is 6.35. The van der Waals surface area contributed by atoms with Crippen LogP contribution in [0.4, 0.5) is 8.78 Å². The monoisotopic (exact) mass is 403 g/mol. The van der Waals surface area contributed by atoms with Crippen LogP contribution in [0.1, 0.15) is 51.1 Å². The second kappa shape index (κ2) is 7.86. The predicted octanol–water partition coefficient (Wildman–Crippen LogP) is 2.74. The van der Waals surface area contributed by atoms with Crippen LogP contribution in [-0.4, -0.2) is 30.4 Å². The first kappa shape index (κ1) is 20.0. The average Bonchev–Trinajstić information content (AvgIpc) is 3.47. The molecule has 0 aromatic heterocycles. The number of halogens is 2. The second-order valence-corrected chi connectivity index (χ2v) is 8.48. The summed E-state index contributed by atoms with van der Waals surface area (Å²) in [6.07, 6.45) is 2.97. The van der Waals surface area contributed by atoms with Crippen LogP contribution in [0.5, 0.6) is 0 Å². The van der Waals surface area contributed by atoms with Gasteiger partial charge in [-0.3, -0.25) is 9.59 Å². The fourth-order valence-corrected chi connectivity index (χ4v) is 4.84. The summed E-state index contributed by atoms with van der Waals surface area (Å²) in [5, 5.41) is 9.34. The highest BCUT2D eigenvalue weighted by molar-refractivity contribution is 6.00. The van der Waals surface area contributed by atoms with Crippen LogP contribution in [0.2, 0.25) is 0 Å². The minimum absolute atomic E-state index is 0.0270. The van der Waals surface area contributed by atoms with E-state index >= 15 is 0 Å². The standard InChI is InChI=1S/C22H27F2N3O2/c1-11(15-6-5-14(23)9-17(15)24)26-19(28)10-16-21(13-3-4-13)20-12(2)25-8-7-18(20)27-22(16)29/h5-6,9,11-13,18,20,25H,3-4,7-8,10H2,1-2H3,(H,26,28)(H,27,29)/t11-,12?,18?,20?/m0/s1. The first-order valence-electron chi connectivity index (χ1n) is 10.4. The van der Waals surface area contributed by atoms with Crippen LogP contribution in [0.15, 0.2) is 29.3 Å². The number of hydrogen-bond donors (Lipinski definition) is 3. The van der Waals surface area contributed by atoms with Gasteiger partial charge in [-0.1, -0.05) is 11.6 Å². The van der Waals surface area contributed by atoms with Crippen LogP contribution in [0.25, 0.3) is 0 Å². The molecule has 156 valence electrons. The molecule has 5 nitrogen and oxygen atoms in total. The van der Waals surface area contributed by atoms with Crippen LogP contribution in [0.3, 0.4) is 0 Å². The molecule has 1 saturated carbocycles. The maximum absolute atomic E-state index is 14.0. The van der Waals surface area contributed by atoms with E-state index in [1.165, 1.54) is 12.1 Å². The average molecular weight is 403 g/mol. The number of nitrogens with one attached hydrogen (secondary N) is 3. The Hall–Kier alpha value is -2.28. The molecule has 4 rings (SSSR count). The van der Waals surface area contributed by atoms with Crippen molar-refractivity contribution in [1.82, 2.24) is 16.0 Å². The molecule has 7 heteroatoms. The van der Waals surface area contributed by atoms with E-state index in [0.29, 0.717) is 11.5 Å². The Kier molecular flexibility index (Phi) is 5.42. The summed E-state index contributed by atoms with van der Waals surface area (Å²) in [6.45, 7) is 4.65. The largest absolute Gasteiger partial charge is 0.349 e. The van der Waals surface area contributed by atoms with Crippen molar-refractivity contribution in [3.8, 4) is 0 Å².